The predicted molar refractivity (Wildman–Crippen MR) is 53.3 cm³/mol. The summed E-state index contributed by atoms with van der Waals surface area (Å²) in [6, 6.07) is 0. The maximum atomic E-state index is 5.36. The number of hydrogen-bond acceptors (Lipinski definition) is 2. The SMILES string of the molecule is C=CCCCOCCCCS. The van der Waals surface area contributed by atoms with E-state index in [-0.39, 0.29) is 0 Å². The van der Waals surface area contributed by atoms with Gasteiger partial charge in [-0.15, -0.1) is 6.58 Å². The summed E-state index contributed by atoms with van der Waals surface area (Å²) in [6.07, 6.45) is 6.39. The van der Waals surface area contributed by atoms with Crippen molar-refractivity contribution in [1.29, 1.82) is 0 Å². The van der Waals surface area contributed by atoms with E-state index in [1.165, 1.54) is 0 Å². The van der Waals surface area contributed by atoms with Crippen molar-refractivity contribution in [2.75, 3.05) is 19.0 Å². The van der Waals surface area contributed by atoms with E-state index in [0.29, 0.717) is 0 Å². The highest BCUT2D eigenvalue weighted by Gasteiger charge is 1.87. The Kier molecular flexibility index (Phi) is 10.1. The van der Waals surface area contributed by atoms with E-state index in [1.807, 2.05) is 6.08 Å². The first-order valence-corrected chi connectivity index (χ1v) is 4.84. The van der Waals surface area contributed by atoms with Gasteiger partial charge in [0.1, 0.15) is 0 Å². The van der Waals surface area contributed by atoms with Gasteiger partial charge in [0.25, 0.3) is 0 Å². The molecule has 0 bridgehead atoms. The molecule has 0 saturated heterocycles. The normalized spacial score (nSPS) is 9.91. The molecule has 0 heterocycles. The molecule has 0 atom stereocenters. The molecule has 1 nitrogen and oxygen atoms in total. The number of unbranched alkanes of at least 4 members (excludes halogenated alkanes) is 2. The van der Waals surface area contributed by atoms with Gasteiger partial charge in [-0.1, -0.05) is 6.08 Å². The van der Waals surface area contributed by atoms with Gasteiger partial charge in [0.15, 0.2) is 0 Å². The minimum atomic E-state index is 0.874. The Balaban J connectivity index is 2.74. The minimum absolute atomic E-state index is 0.874. The van der Waals surface area contributed by atoms with Crippen LogP contribution < -0.4 is 0 Å². The first kappa shape index (κ1) is 11.1. The summed E-state index contributed by atoms with van der Waals surface area (Å²) in [5.74, 6) is 0.968. The third kappa shape index (κ3) is 10.1. The topological polar surface area (TPSA) is 9.23 Å². The molecule has 0 rings (SSSR count). The second-order valence-corrected chi connectivity index (χ2v) is 2.92. The van der Waals surface area contributed by atoms with Crippen LogP contribution in [-0.2, 0) is 4.74 Å². The summed E-state index contributed by atoms with van der Waals surface area (Å²) >= 11 is 4.11. The molecule has 2 heteroatoms. The molecule has 11 heavy (non-hydrogen) atoms. The van der Waals surface area contributed by atoms with Crippen LogP contribution in [0.1, 0.15) is 25.7 Å². The first-order chi connectivity index (χ1) is 5.41. The van der Waals surface area contributed by atoms with Crippen molar-refractivity contribution in [3.8, 4) is 0 Å². The lowest BCUT2D eigenvalue weighted by Gasteiger charge is -2.00. The lowest BCUT2D eigenvalue weighted by molar-refractivity contribution is 0.130. The number of thiol groups is 1. The van der Waals surface area contributed by atoms with Crippen molar-refractivity contribution in [2.45, 2.75) is 25.7 Å². The molecule has 0 spiro atoms. The monoisotopic (exact) mass is 174 g/mol. The zero-order valence-corrected chi connectivity index (χ0v) is 7.98. The van der Waals surface area contributed by atoms with Crippen LogP contribution in [0.15, 0.2) is 12.7 Å². The Morgan fingerprint density at radius 2 is 1.91 bits per heavy atom. The van der Waals surface area contributed by atoms with Crippen LogP contribution in [0.2, 0.25) is 0 Å². The Bertz CT molecular complexity index is 83.6. The van der Waals surface area contributed by atoms with E-state index in [1.54, 1.807) is 0 Å². The predicted octanol–water partition coefficient (Wildman–Crippen LogP) is 2.68. The van der Waals surface area contributed by atoms with E-state index in [2.05, 4.69) is 19.2 Å². The molecule has 0 saturated carbocycles. The summed E-state index contributed by atoms with van der Waals surface area (Å²) in [6.45, 7) is 5.40. The molecule has 0 aliphatic rings. The van der Waals surface area contributed by atoms with Gasteiger partial charge in [0.2, 0.25) is 0 Å². The molecule has 0 radical (unpaired) electrons. The summed E-state index contributed by atoms with van der Waals surface area (Å²) in [5.41, 5.74) is 0. The average Bonchev–Trinajstić information content (AvgIpc) is 2.03. The van der Waals surface area contributed by atoms with Gasteiger partial charge in [0, 0.05) is 13.2 Å². The van der Waals surface area contributed by atoms with Crippen molar-refractivity contribution in [2.24, 2.45) is 0 Å². The van der Waals surface area contributed by atoms with Crippen LogP contribution in [0, 0.1) is 0 Å². The van der Waals surface area contributed by atoms with Crippen molar-refractivity contribution in [1.82, 2.24) is 0 Å². The van der Waals surface area contributed by atoms with Gasteiger partial charge in [-0.25, -0.2) is 0 Å². The summed E-state index contributed by atoms with van der Waals surface area (Å²) < 4.78 is 5.36. The molecule has 0 aromatic carbocycles. The van der Waals surface area contributed by atoms with Crippen LogP contribution in [-0.4, -0.2) is 19.0 Å². The summed E-state index contributed by atoms with van der Waals surface area (Å²) in [4.78, 5) is 0. The molecule has 66 valence electrons. The largest absolute Gasteiger partial charge is 0.381 e. The highest BCUT2D eigenvalue weighted by molar-refractivity contribution is 7.80. The molecule has 0 aromatic heterocycles. The average molecular weight is 174 g/mol. The van der Waals surface area contributed by atoms with Crippen LogP contribution in [0.25, 0.3) is 0 Å². The highest BCUT2D eigenvalue weighted by atomic mass is 32.1. The molecular formula is C9H18OS. The van der Waals surface area contributed by atoms with Crippen molar-refractivity contribution in [3.63, 3.8) is 0 Å². The molecule has 0 aliphatic heterocycles. The van der Waals surface area contributed by atoms with Gasteiger partial charge in [0.05, 0.1) is 0 Å². The minimum Gasteiger partial charge on any atom is -0.381 e. The zero-order valence-electron chi connectivity index (χ0n) is 7.09. The number of rotatable bonds is 8. The van der Waals surface area contributed by atoms with Crippen molar-refractivity contribution < 1.29 is 4.74 Å². The standard InChI is InChI=1S/C9H18OS/c1-2-3-4-7-10-8-5-6-9-11/h2,11H,1,3-9H2. The molecule has 0 aromatic rings. The van der Waals surface area contributed by atoms with E-state index in [4.69, 9.17) is 4.74 Å². The van der Waals surface area contributed by atoms with Crippen LogP contribution in [0.4, 0.5) is 0 Å². The van der Waals surface area contributed by atoms with E-state index in [9.17, 15) is 0 Å². The summed E-state index contributed by atoms with van der Waals surface area (Å²) in [7, 11) is 0. The fourth-order valence-corrected chi connectivity index (χ4v) is 0.971. The first-order valence-electron chi connectivity index (χ1n) is 4.21. The molecule has 0 amide bonds. The van der Waals surface area contributed by atoms with Crippen molar-refractivity contribution >= 4 is 12.6 Å². The smallest absolute Gasteiger partial charge is 0.0468 e. The highest BCUT2D eigenvalue weighted by Crippen LogP contribution is 1.94. The van der Waals surface area contributed by atoms with Crippen LogP contribution in [0.3, 0.4) is 0 Å². The lowest BCUT2D eigenvalue weighted by atomic mass is 10.3. The maximum absolute atomic E-state index is 5.36. The number of allylic oxidation sites excluding steroid dienone is 1. The van der Waals surface area contributed by atoms with E-state index >= 15 is 0 Å². The molecule has 0 unspecified atom stereocenters. The van der Waals surface area contributed by atoms with Gasteiger partial charge in [-0.2, -0.15) is 12.6 Å². The Labute approximate surface area is 75.2 Å². The third-order valence-electron chi connectivity index (χ3n) is 1.39. The van der Waals surface area contributed by atoms with Gasteiger partial charge >= 0.3 is 0 Å². The van der Waals surface area contributed by atoms with E-state index < -0.39 is 0 Å². The zero-order chi connectivity index (χ0) is 8.36. The Morgan fingerprint density at radius 3 is 2.55 bits per heavy atom. The molecule has 0 aliphatic carbocycles. The van der Waals surface area contributed by atoms with Crippen molar-refractivity contribution in [3.05, 3.63) is 12.7 Å². The van der Waals surface area contributed by atoms with Gasteiger partial charge in [-0.05, 0) is 31.4 Å². The fourth-order valence-electron chi connectivity index (χ4n) is 0.748. The second-order valence-electron chi connectivity index (χ2n) is 2.47. The summed E-state index contributed by atoms with van der Waals surface area (Å²) in [5, 5.41) is 0. The molecular weight excluding hydrogens is 156 g/mol. The second kappa shape index (κ2) is 10.0. The van der Waals surface area contributed by atoms with E-state index in [0.717, 1.165) is 44.6 Å². The molecule has 0 N–H and O–H groups in total. The van der Waals surface area contributed by atoms with Crippen LogP contribution in [0.5, 0.6) is 0 Å². The lowest BCUT2D eigenvalue weighted by Crippen LogP contribution is -1.96. The van der Waals surface area contributed by atoms with Crippen LogP contribution >= 0.6 is 12.6 Å². The maximum Gasteiger partial charge on any atom is 0.0468 e. The number of hydrogen-bond donors (Lipinski definition) is 1. The van der Waals surface area contributed by atoms with Gasteiger partial charge in [-0.3, -0.25) is 0 Å². The quantitative estimate of drug-likeness (QED) is 0.338. The molecule has 0 fully saturated rings. The van der Waals surface area contributed by atoms with Gasteiger partial charge < -0.3 is 4.74 Å². The Morgan fingerprint density at radius 1 is 1.18 bits per heavy atom. The Hall–Kier alpha value is 0.0500. The number of ether oxygens (including phenoxy) is 1. The third-order valence-corrected chi connectivity index (χ3v) is 1.71. The fraction of sp³-hybridized carbons (Fsp3) is 0.778.